The fraction of sp³-hybridized carbons (Fsp3) is 0.259. The van der Waals surface area contributed by atoms with Gasteiger partial charge in [-0.3, -0.25) is 19.4 Å². The summed E-state index contributed by atoms with van der Waals surface area (Å²) in [5, 5.41) is 5.93. The first-order valence-corrected chi connectivity index (χ1v) is 11.5. The lowest BCUT2D eigenvalue weighted by molar-refractivity contribution is -0.121. The lowest BCUT2D eigenvalue weighted by Gasteiger charge is -2.37. The highest BCUT2D eigenvalue weighted by molar-refractivity contribution is 6.10. The SMILES string of the molecule is Cc1cccc(-c2ccc3c(c2)C(=O)N2CCC(NC(=O)c4cccnc4)CC2C(=O)N3)c1C. The van der Waals surface area contributed by atoms with Crippen LogP contribution < -0.4 is 10.6 Å². The zero-order valence-corrected chi connectivity index (χ0v) is 19.2. The van der Waals surface area contributed by atoms with Crippen LogP contribution in [0.15, 0.2) is 60.9 Å². The summed E-state index contributed by atoms with van der Waals surface area (Å²) in [7, 11) is 0. The standard InChI is InChI=1S/C27H26N4O3/c1-16-5-3-7-21(17(16)2)18-8-9-23-22(13-18)27(34)31-12-10-20(14-24(31)26(33)30-23)29-25(32)19-6-4-11-28-15-19/h3-9,11,13,15,20,24H,10,12,14H2,1-2H3,(H,29,32)(H,30,33). The van der Waals surface area contributed by atoms with Gasteiger partial charge in [0.15, 0.2) is 0 Å². The van der Waals surface area contributed by atoms with Gasteiger partial charge in [-0.15, -0.1) is 0 Å². The maximum absolute atomic E-state index is 13.5. The van der Waals surface area contributed by atoms with Crippen LogP contribution in [-0.4, -0.2) is 46.2 Å². The molecular formula is C27H26N4O3. The van der Waals surface area contributed by atoms with E-state index >= 15 is 0 Å². The van der Waals surface area contributed by atoms with Crippen LogP contribution in [0.4, 0.5) is 5.69 Å². The van der Waals surface area contributed by atoms with E-state index in [-0.39, 0.29) is 23.8 Å². The van der Waals surface area contributed by atoms with Crippen molar-refractivity contribution < 1.29 is 14.4 Å². The molecule has 2 aliphatic rings. The number of benzene rings is 2. The van der Waals surface area contributed by atoms with Gasteiger partial charge < -0.3 is 15.5 Å². The number of fused-ring (bicyclic) bond motifs is 2. The highest BCUT2D eigenvalue weighted by Gasteiger charge is 2.40. The van der Waals surface area contributed by atoms with E-state index in [1.807, 2.05) is 30.3 Å². The van der Waals surface area contributed by atoms with Gasteiger partial charge >= 0.3 is 0 Å². The Hall–Kier alpha value is -4.00. The van der Waals surface area contributed by atoms with Crippen LogP contribution in [0, 0.1) is 13.8 Å². The first-order valence-electron chi connectivity index (χ1n) is 11.5. The van der Waals surface area contributed by atoms with Crippen LogP contribution in [-0.2, 0) is 4.79 Å². The van der Waals surface area contributed by atoms with Crippen LogP contribution in [0.1, 0.15) is 44.7 Å². The Balaban J connectivity index is 1.39. The van der Waals surface area contributed by atoms with E-state index in [1.165, 1.54) is 11.8 Å². The number of piperidine rings is 1. The third kappa shape index (κ3) is 3.94. The topological polar surface area (TPSA) is 91.4 Å². The van der Waals surface area contributed by atoms with Crippen molar-refractivity contribution in [3.63, 3.8) is 0 Å². The van der Waals surface area contributed by atoms with E-state index in [1.54, 1.807) is 23.2 Å². The smallest absolute Gasteiger partial charge is 0.256 e. The molecule has 172 valence electrons. The zero-order valence-electron chi connectivity index (χ0n) is 19.2. The van der Waals surface area contributed by atoms with Gasteiger partial charge in [0.25, 0.3) is 11.8 Å². The molecule has 2 N–H and O–H groups in total. The van der Waals surface area contributed by atoms with Crippen molar-refractivity contribution in [2.45, 2.75) is 38.8 Å². The molecule has 1 aromatic heterocycles. The first kappa shape index (κ1) is 21.8. The Bertz CT molecular complexity index is 1290. The lowest BCUT2D eigenvalue weighted by atomic mass is 9.94. The summed E-state index contributed by atoms with van der Waals surface area (Å²) in [6.45, 7) is 4.53. The summed E-state index contributed by atoms with van der Waals surface area (Å²) in [5.41, 5.74) is 5.84. The predicted molar refractivity (Wildman–Crippen MR) is 130 cm³/mol. The van der Waals surface area contributed by atoms with Crippen LogP contribution in [0.25, 0.3) is 11.1 Å². The van der Waals surface area contributed by atoms with Gasteiger partial charge in [-0.1, -0.05) is 24.3 Å². The maximum Gasteiger partial charge on any atom is 0.256 e. The molecule has 7 nitrogen and oxygen atoms in total. The minimum atomic E-state index is -0.642. The maximum atomic E-state index is 13.5. The van der Waals surface area contributed by atoms with Gasteiger partial charge in [0.05, 0.1) is 16.8 Å². The van der Waals surface area contributed by atoms with Gasteiger partial charge in [0, 0.05) is 25.0 Å². The van der Waals surface area contributed by atoms with Gasteiger partial charge in [0.1, 0.15) is 6.04 Å². The minimum absolute atomic E-state index is 0.164. The fourth-order valence-electron chi connectivity index (χ4n) is 4.79. The third-order valence-electron chi connectivity index (χ3n) is 6.85. The Kier molecular flexibility index (Phi) is 5.61. The second kappa shape index (κ2) is 8.74. The highest BCUT2D eigenvalue weighted by atomic mass is 16.2. The number of hydrogen-bond acceptors (Lipinski definition) is 4. The molecule has 0 saturated carbocycles. The van der Waals surface area contributed by atoms with Crippen molar-refractivity contribution in [1.29, 1.82) is 0 Å². The zero-order chi connectivity index (χ0) is 23.8. The molecule has 0 bridgehead atoms. The molecule has 3 aromatic rings. The molecule has 7 heteroatoms. The number of nitrogens with zero attached hydrogens (tertiary/aromatic N) is 2. The summed E-state index contributed by atoms with van der Waals surface area (Å²) < 4.78 is 0. The molecular weight excluding hydrogens is 428 g/mol. The molecule has 0 radical (unpaired) electrons. The molecule has 0 aliphatic carbocycles. The molecule has 0 spiro atoms. The van der Waals surface area contributed by atoms with E-state index in [9.17, 15) is 14.4 Å². The van der Waals surface area contributed by atoms with E-state index in [4.69, 9.17) is 0 Å². The van der Waals surface area contributed by atoms with Crippen molar-refractivity contribution in [3.8, 4) is 11.1 Å². The Morgan fingerprint density at radius 1 is 1.09 bits per heavy atom. The molecule has 1 saturated heterocycles. The van der Waals surface area contributed by atoms with E-state index in [2.05, 4.69) is 35.5 Å². The van der Waals surface area contributed by atoms with Gasteiger partial charge in [-0.2, -0.15) is 0 Å². The number of carbonyl (C=O) groups excluding carboxylic acids is 3. The average molecular weight is 455 g/mol. The van der Waals surface area contributed by atoms with Crippen LogP contribution >= 0.6 is 0 Å². The normalized spacial score (nSPS) is 19.5. The number of nitrogens with one attached hydrogen (secondary N) is 2. The predicted octanol–water partition coefficient (Wildman–Crippen LogP) is 3.72. The van der Waals surface area contributed by atoms with Crippen molar-refractivity contribution in [1.82, 2.24) is 15.2 Å². The summed E-state index contributed by atoms with van der Waals surface area (Å²) in [6, 6.07) is 14.3. The molecule has 2 aromatic carbocycles. The molecule has 2 unspecified atom stereocenters. The number of carbonyl (C=O) groups is 3. The van der Waals surface area contributed by atoms with E-state index in [0.717, 1.165) is 16.7 Å². The third-order valence-corrected chi connectivity index (χ3v) is 6.85. The molecule has 3 amide bonds. The van der Waals surface area contributed by atoms with Gasteiger partial charge in [0.2, 0.25) is 5.91 Å². The number of hydrogen-bond donors (Lipinski definition) is 2. The first-order chi connectivity index (χ1) is 16.4. The lowest BCUT2D eigenvalue weighted by Crippen LogP contribution is -2.55. The number of amides is 3. The summed E-state index contributed by atoms with van der Waals surface area (Å²) in [6.07, 6.45) is 4.06. The minimum Gasteiger partial charge on any atom is -0.349 e. The highest BCUT2D eigenvalue weighted by Crippen LogP contribution is 2.33. The van der Waals surface area contributed by atoms with Crippen LogP contribution in [0.5, 0.6) is 0 Å². The van der Waals surface area contributed by atoms with Gasteiger partial charge in [-0.05, 0) is 73.2 Å². The van der Waals surface area contributed by atoms with E-state index in [0.29, 0.717) is 36.2 Å². The average Bonchev–Trinajstić information content (AvgIpc) is 2.95. The molecule has 3 heterocycles. The Morgan fingerprint density at radius 2 is 1.94 bits per heavy atom. The molecule has 2 atom stereocenters. The Labute approximate surface area is 198 Å². The van der Waals surface area contributed by atoms with Crippen molar-refractivity contribution in [2.75, 3.05) is 11.9 Å². The van der Waals surface area contributed by atoms with Crippen LogP contribution in [0.2, 0.25) is 0 Å². The fourth-order valence-corrected chi connectivity index (χ4v) is 4.79. The number of anilines is 1. The summed E-state index contributed by atoms with van der Waals surface area (Å²) >= 11 is 0. The van der Waals surface area contributed by atoms with Gasteiger partial charge in [-0.25, -0.2) is 0 Å². The largest absolute Gasteiger partial charge is 0.349 e. The number of pyridine rings is 1. The Morgan fingerprint density at radius 3 is 2.74 bits per heavy atom. The monoisotopic (exact) mass is 454 g/mol. The number of aryl methyl sites for hydroxylation is 1. The quantitative estimate of drug-likeness (QED) is 0.631. The second-order valence-corrected chi connectivity index (χ2v) is 8.95. The van der Waals surface area contributed by atoms with E-state index < -0.39 is 6.04 Å². The summed E-state index contributed by atoms with van der Waals surface area (Å²) in [4.78, 5) is 44.8. The summed E-state index contributed by atoms with van der Waals surface area (Å²) in [5.74, 6) is -0.622. The molecule has 5 rings (SSSR count). The number of rotatable bonds is 3. The number of aromatic nitrogens is 1. The second-order valence-electron chi connectivity index (χ2n) is 8.95. The van der Waals surface area contributed by atoms with Crippen LogP contribution in [0.3, 0.4) is 0 Å². The van der Waals surface area contributed by atoms with Crippen molar-refractivity contribution >= 4 is 23.4 Å². The van der Waals surface area contributed by atoms with Crippen molar-refractivity contribution in [2.24, 2.45) is 0 Å². The molecule has 34 heavy (non-hydrogen) atoms. The molecule has 1 fully saturated rings. The molecule has 2 aliphatic heterocycles. The van der Waals surface area contributed by atoms with Crippen molar-refractivity contribution in [3.05, 3.63) is 83.2 Å².